The van der Waals surface area contributed by atoms with Gasteiger partial charge in [0.15, 0.2) is 0 Å². The van der Waals surface area contributed by atoms with Crippen molar-refractivity contribution in [2.75, 3.05) is 19.7 Å². The zero-order valence-corrected chi connectivity index (χ0v) is 13.2. The molecule has 1 rings (SSSR count). The second kappa shape index (κ2) is 9.53. The van der Waals surface area contributed by atoms with Crippen molar-refractivity contribution in [1.82, 2.24) is 5.32 Å². The molecule has 1 aliphatic rings. The topological polar surface area (TPSA) is 64.6 Å². The summed E-state index contributed by atoms with van der Waals surface area (Å²) in [5, 5.41) is 3.25. The lowest BCUT2D eigenvalue weighted by molar-refractivity contribution is -0.139. The SMILES string of the molecule is CC(C)(C)OC=O.CCOC(=O)C(C)=C1CCNCC1. The van der Waals surface area contributed by atoms with Gasteiger partial charge in [0.1, 0.15) is 5.60 Å². The van der Waals surface area contributed by atoms with Gasteiger partial charge < -0.3 is 14.8 Å². The van der Waals surface area contributed by atoms with E-state index >= 15 is 0 Å². The number of carbonyl (C=O) groups excluding carboxylic acids is 2. The Morgan fingerprint density at radius 2 is 1.85 bits per heavy atom. The molecule has 1 saturated heterocycles. The van der Waals surface area contributed by atoms with Crippen molar-refractivity contribution in [2.24, 2.45) is 0 Å². The molecule has 1 N–H and O–H groups in total. The van der Waals surface area contributed by atoms with Crippen LogP contribution in [0.25, 0.3) is 0 Å². The summed E-state index contributed by atoms with van der Waals surface area (Å²) in [6.45, 7) is 12.0. The third-order valence-corrected chi connectivity index (χ3v) is 2.72. The van der Waals surface area contributed by atoms with Gasteiger partial charge in [0, 0.05) is 5.57 Å². The van der Waals surface area contributed by atoms with E-state index in [4.69, 9.17) is 4.74 Å². The fourth-order valence-electron chi connectivity index (χ4n) is 1.63. The summed E-state index contributed by atoms with van der Waals surface area (Å²) in [6.07, 6.45) is 1.95. The Labute approximate surface area is 121 Å². The lowest BCUT2D eigenvalue weighted by Gasteiger charge is -2.17. The summed E-state index contributed by atoms with van der Waals surface area (Å²) in [6, 6.07) is 0. The van der Waals surface area contributed by atoms with Crippen LogP contribution in [0, 0.1) is 0 Å². The Bertz CT molecular complexity index is 334. The van der Waals surface area contributed by atoms with Gasteiger partial charge in [-0.2, -0.15) is 0 Å². The number of carbonyl (C=O) groups is 2. The average Bonchev–Trinajstić information content (AvgIpc) is 2.38. The molecule has 0 aromatic heterocycles. The van der Waals surface area contributed by atoms with E-state index in [2.05, 4.69) is 10.1 Å². The largest absolute Gasteiger partial charge is 0.463 e. The maximum atomic E-state index is 11.3. The molecule has 0 radical (unpaired) electrons. The highest BCUT2D eigenvalue weighted by Gasteiger charge is 2.13. The molecule has 0 amide bonds. The standard InChI is InChI=1S/C10H17NO2.C5H10O2/c1-3-13-10(12)8(2)9-4-6-11-7-5-9;1-5(2,3)7-4-6/h11H,3-7H2,1-2H3;4H,1-3H3. The van der Waals surface area contributed by atoms with E-state index in [1.54, 1.807) is 0 Å². The van der Waals surface area contributed by atoms with Crippen molar-refractivity contribution in [3.63, 3.8) is 0 Å². The van der Waals surface area contributed by atoms with Crippen LogP contribution in [0.5, 0.6) is 0 Å². The first-order valence-electron chi connectivity index (χ1n) is 6.99. The average molecular weight is 285 g/mol. The van der Waals surface area contributed by atoms with E-state index in [-0.39, 0.29) is 11.6 Å². The maximum absolute atomic E-state index is 11.3. The molecule has 0 spiro atoms. The van der Waals surface area contributed by atoms with Crippen molar-refractivity contribution in [1.29, 1.82) is 0 Å². The number of hydrogen-bond donors (Lipinski definition) is 1. The fraction of sp³-hybridized carbons (Fsp3) is 0.733. The Morgan fingerprint density at radius 3 is 2.20 bits per heavy atom. The highest BCUT2D eigenvalue weighted by Crippen LogP contribution is 2.16. The van der Waals surface area contributed by atoms with Crippen LogP contribution in [0.4, 0.5) is 0 Å². The Kier molecular flexibility index (Phi) is 8.88. The predicted molar refractivity (Wildman–Crippen MR) is 78.3 cm³/mol. The summed E-state index contributed by atoms with van der Waals surface area (Å²) >= 11 is 0. The third-order valence-electron chi connectivity index (χ3n) is 2.72. The molecular formula is C15H27NO4. The number of ether oxygens (including phenoxy) is 2. The van der Waals surface area contributed by atoms with Crippen molar-refractivity contribution in [3.8, 4) is 0 Å². The Morgan fingerprint density at radius 1 is 1.30 bits per heavy atom. The van der Waals surface area contributed by atoms with Gasteiger partial charge in [-0.1, -0.05) is 5.57 Å². The van der Waals surface area contributed by atoms with Gasteiger partial charge >= 0.3 is 5.97 Å². The quantitative estimate of drug-likeness (QED) is 0.489. The molecular weight excluding hydrogens is 258 g/mol. The molecule has 5 nitrogen and oxygen atoms in total. The van der Waals surface area contributed by atoms with E-state index in [0.29, 0.717) is 13.1 Å². The van der Waals surface area contributed by atoms with E-state index in [9.17, 15) is 9.59 Å². The molecule has 0 aliphatic carbocycles. The molecule has 0 saturated carbocycles. The van der Waals surface area contributed by atoms with Crippen molar-refractivity contribution in [3.05, 3.63) is 11.1 Å². The Hall–Kier alpha value is -1.36. The van der Waals surface area contributed by atoms with Crippen LogP contribution in [-0.4, -0.2) is 37.7 Å². The molecule has 0 aromatic rings. The van der Waals surface area contributed by atoms with Crippen molar-refractivity contribution in [2.45, 2.75) is 53.1 Å². The molecule has 1 aliphatic heterocycles. The minimum atomic E-state index is -0.318. The first kappa shape index (κ1) is 18.6. The predicted octanol–water partition coefficient (Wildman–Crippen LogP) is 2.21. The van der Waals surface area contributed by atoms with Gasteiger partial charge in [0.05, 0.1) is 6.61 Å². The van der Waals surface area contributed by atoms with E-state index < -0.39 is 0 Å². The van der Waals surface area contributed by atoms with Gasteiger partial charge in [0.25, 0.3) is 6.47 Å². The van der Waals surface area contributed by atoms with Crippen LogP contribution in [0.3, 0.4) is 0 Å². The lowest BCUT2D eigenvalue weighted by atomic mass is 10.0. The van der Waals surface area contributed by atoms with Gasteiger partial charge in [0.2, 0.25) is 0 Å². The second-order valence-corrected chi connectivity index (χ2v) is 5.53. The van der Waals surface area contributed by atoms with Crippen LogP contribution >= 0.6 is 0 Å². The third kappa shape index (κ3) is 8.69. The maximum Gasteiger partial charge on any atom is 0.333 e. The molecule has 1 heterocycles. The minimum absolute atomic E-state index is 0.153. The van der Waals surface area contributed by atoms with Gasteiger partial charge in [-0.05, 0) is 60.5 Å². The molecule has 0 atom stereocenters. The molecule has 116 valence electrons. The monoisotopic (exact) mass is 285 g/mol. The van der Waals surface area contributed by atoms with Crippen LogP contribution < -0.4 is 5.32 Å². The first-order chi connectivity index (χ1) is 9.31. The normalized spacial score (nSPS) is 14.8. The highest BCUT2D eigenvalue weighted by molar-refractivity contribution is 5.88. The first-order valence-corrected chi connectivity index (χ1v) is 6.99. The zero-order chi connectivity index (χ0) is 15.6. The summed E-state index contributed by atoms with van der Waals surface area (Å²) in [4.78, 5) is 20.9. The van der Waals surface area contributed by atoms with Gasteiger partial charge in [-0.15, -0.1) is 0 Å². The zero-order valence-electron chi connectivity index (χ0n) is 13.2. The number of esters is 1. The summed E-state index contributed by atoms with van der Waals surface area (Å²) in [7, 11) is 0. The second-order valence-electron chi connectivity index (χ2n) is 5.53. The molecule has 5 heteroatoms. The smallest absolute Gasteiger partial charge is 0.333 e. The van der Waals surface area contributed by atoms with E-state index in [0.717, 1.165) is 31.5 Å². The van der Waals surface area contributed by atoms with Crippen LogP contribution in [-0.2, 0) is 19.1 Å². The number of piperidine rings is 1. The summed E-state index contributed by atoms with van der Waals surface area (Å²) in [5.41, 5.74) is 1.74. The molecule has 0 bridgehead atoms. The van der Waals surface area contributed by atoms with Crippen molar-refractivity contribution < 1.29 is 19.1 Å². The summed E-state index contributed by atoms with van der Waals surface area (Å²) in [5.74, 6) is -0.153. The van der Waals surface area contributed by atoms with E-state index in [1.807, 2.05) is 34.6 Å². The highest BCUT2D eigenvalue weighted by atomic mass is 16.5. The molecule has 0 unspecified atom stereocenters. The lowest BCUT2D eigenvalue weighted by Crippen LogP contribution is -2.24. The molecule has 1 fully saturated rings. The summed E-state index contributed by atoms with van der Waals surface area (Å²) < 4.78 is 9.49. The van der Waals surface area contributed by atoms with Gasteiger partial charge in [-0.3, -0.25) is 4.79 Å². The number of nitrogens with one attached hydrogen (secondary N) is 1. The van der Waals surface area contributed by atoms with Crippen molar-refractivity contribution >= 4 is 12.4 Å². The minimum Gasteiger partial charge on any atom is -0.463 e. The van der Waals surface area contributed by atoms with Crippen LogP contribution in [0.2, 0.25) is 0 Å². The number of rotatable bonds is 3. The molecule has 0 aromatic carbocycles. The fourth-order valence-corrected chi connectivity index (χ4v) is 1.63. The van der Waals surface area contributed by atoms with Crippen LogP contribution in [0.1, 0.15) is 47.5 Å². The number of hydrogen-bond acceptors (Lipinski definition) is 5. The van der Waals surface area contributed by atoms with Gasteiger partial charge in [-0.25, -0.2) is 4.79 Å². The van der Waals surface area contributed by atoms with E-state index in [1.165, 1.54) is 5.57 Å². The molecule has 20 heavy (non-hydrogen) atoms. The Balaban J connectivity index is 0.000000441. The van der Waals surface area contributed by atoms with Crippen LogP contribution in [0.15, 0.2) is 11.1 Å².